The van der Waals surface area contributed by atoms with E-state index < -0.39 is 0 Å². The second kappa shape index (κ2) is 9.50. The van der Waals surface area contributed by atoms with Gasteiger partial charge in [0.2, 0.25) is 0 Å². The second-order valence-electron chi connectivity index (χ2n) is 6.31. The lowest BCUT2D eigenvalue weighted by atomic mass is 10.2. The molecule has 0 saturated carbocycles. The van der Waals surface area contributed by atoms with E-state index in [1.165, 1.54) is 0 Å². The third-order valence-electron chi connectivity index (χ3n) is 4.50. The van der Waals surface area contributed by atoms with E-state index >= 15 is 0 Å². The average molecular weight is 375 g/mol. The molecule has 1 aromatic carbocycles. The van der Waals surface area contributed by atoms with Gasteiger partial charge in [0, 0.05) is 49.6 Å². The average Bonchev–Trinajstić information content (AvgIpc) is 2.75. The molecule has 2 aromatic heterocycles. The maximum atomic E-state index is 12.4. The Bertz CT molecular complexity index is 875. The van der Waals surface area contributed by atoms with E-state index in [1.54, 1.807) is 30.7 Å². The van der Waals surface area contributed by atoms with Crippen molar-refractivity contribution in [2.75, 3.05) is 28.6 Å². The highest BCUT2D eigenvalue weighted by atomic mass is 16.1. The summed E-state index contributed by atoms with van der Waals surface area (Å²) >= 11 is 0. The van der Waals surface area contributed by atoms with Gasteiger partial charge < -0.3 is 15.5 Å². The van der Waals surface area contributed by atoms with E-state index in [2.05, 4.69) is 39.3 Å². The number of rotatable bonds is 8. The topological polar surface area (TPSA) is 70.2 Å². The Morgan fingerprint density at radius 3 is 2.29 bits per heavy atom. The molecule has 6 heteroatoms. The normalized spacial score (nSPS) is 10.4. The number of hydrogen-bond donors (Lipinski definition) is 2. The Labute approximate surface area is 165 Å². The quantitative estimate of drug-likeness (QED) is 0.618. The molecule has 3 rings (SSSR count). The van der Waals surface area contributed by atoms with Gasteiger partial charge in [-0.25, -0.2) is 4.98 Å². The first-order valence-corrected chi connectivity index (χ1v) is 9.44. The Morgan fingerprint density at radius 2 is 1.68 bits per heavy atom. The molecule has 2 heterocycles. The third-order valence-corrected chi connectivity index (χ3v) is 4.50. The van der Waals surface area contributed by atoms with Gasteiger partial charge in [-0.15, -0.1) is 0 Å². The zero-order valence-corrected chi connectivity index (χ0v) is 16.2. The number of amides is 1. The minimum absolute atomic E-state index is 0.177. The highest BCUT2D eigenvalue weighted by Gasteiger charge is 2.08. The van der Waals surface area contributed by atoms with E-state index in [1.807, 2.05) is 36.4 Å². The van der Waals surface area contributed by atoms with E-state index in [0.717, 1.165) is 35.8 Å². The van der Waals surface area contributed by atoms with Crippen molar-refractivity contribution in [3.63, 3.8) is 0 Å². The number of nitrogens with one attached hydrogen (secondary N) is 2. The summed E-state index contributed by atoms with van der Waals surface area (Å²) in [7, 11) is 0. The first-order valence-electron chi connectivity index (χ1n) is 9.44. The predicted molar refractivity (Wildman–Crippen MR) is 114 cm³/mol. The number of pyridine rings is 2. The molecule has 3 aromatic rings. The van der Waals surface area contributed by atoms with Crippen LogP contribution in [-0.2, 0) is 6.54 Å². The van der Waals surface area contributed by atoms with Crippen LogP contribution >= 0.6 is 0 Å². The molecular weight excluding hydrogens is 350 g/mol. The van der Waals surface area contributed by atoms with Crippen LogP contribution in [0.2, 0.25) is 0 Å². The van der Waals surface area contributed by atoms with Gasteiger partial charge in [-0.1, -0.05) is 0 Å². The fraction of sp³-hybridized carbons (Fsp3) is 0.227. The zero-order chi connectivity index (χ0) is 19.8. The molecule has 0 bridgehead atoms. The summed E-state index contributed by atoms with van der Waals surface area (Å²) in [4.78, 5) is 23.0. The van der Waals surface area contributed by atoms with E-state index in [-0.39, 0.29) is 5.91 Å². The molecule has 28 heavy (non-hydrogen) atoms. The summed E-state index contributed by atoms with van der Waals surface area (Å²) in [6.07, 6.45) is 5.09. The van der Waals surface area contributed by atoms with E-state index in [9.17, 15) is 4.79 Å². The third kappa shape index (κ3) is 5.07. The number of benzene rings is 1. The SMILES string of the molecule is CCN(CC)c1ccc(NC(=O)c2ccc(NCc3ccncc3)nc2)cc1. The molecular formula is C22H25N5O. The van der Waals surface area contributed by atoms with Crippen LogP contribution in [0.3, 0.4) is 0 Å². The molecule has 6 nitrogen and oxygen atoms in total. The van der Waals surface area contributed by atoms with Crippen molar-refractivity contribution in [3.05, 3.63) is 78.2 Å². The number of carbonyl (C=O) groups is 1. The van der Waals surface area contributed by atoms with Gasteiger partial charge in [-0.2, -0.15) is 0 Å². The molecule has 0 aliphatic heterocycles. The molecule has 0 fully saturated rings. The Balaban J connectivity index is 1.57. The lowest BCUT2D eigenvalue weighted by molar-refractivity contribution is 0.102. The highest BCUT2D eigenvalue weighted by molar-refractivity contribution is 6.04. The van der Waals surface area contributed by atoms with Crippen LogP contribution in [0.4, 0.5) is 17.2 Å². The van der Waals surface area contributed by atoms with Crippen LogP contribution in [-0.4, -0.2) is 29.0 Å². The zero-order valence-electron chi connectivity index (χ0n) is 16.2. The fourth-order valence-corrected chi connectivity index (χ4v) is 2.87. The number of hydrogen-bond acceptors (Lipinski definition) is 5. The largest absolute Gasteiger partial charge is 0.372 e. The lowest BCUT2D eigenvalue weighted by Gasteiger charge is -2.21. The summed E-state index contributed by atoms with van der Waals surface area (Å²) < 4.78 is 0. The second-order valence-corrected chi connectivity index (χ2v) is 6.31. The van der Waals surface area contributed by atoms with Crippen LogP contribution in [0, 0.1) is 0 Å². The monoisotopic (exact) mass is 375 g/mol. The maximum Gasteiger partial charge on any atom is 0.257 e. The van der Waals surface area contributed by atoms with Crippen molar-refractivity contribution in [3.8, 4) is 0 Å². The summed E-state index contributed by atoms with van der Waals surface area (Å²) in [6.45, 7) is 6.81. The highest BCUT2D eigenvalue weighted by Crippen LogP contribution is 2.18. The molecule has 0 radical (unpaired) electrons. The first kappa shape index (κ1) is 19.4. The molecule has 2 N–H and O–H groups in total. The summed E-state index contributed by atoms with van der Waals surface area (Å²) in [5, 5.41) is 6.14. The Hall–Kier alpha value is -3.41. The standard InChI is InChI=1S/C22H25N5O/c1-3-27(4-2)20-8-6-19(7-9-20)26-22(28)18-5-10-21(25-16-18)24-15-17-11-13-23-14-12-17/h5-14,16H,3-4,15H2,1-2H3,(H,24,25)(H,26,28). The van der Waals surface area contributed by atoms with Gasteiger partial charge in [0.1, 0.15) is 5.82 Å². The number of carbonyl (C=O) groups excluding carboxylic acids is 1. The van der Waals surface area contributed by atoms with Crippen molar-refractivity contribution < 1.29 is 4.79 Å². The van der Waals surface area contributed by atoms with Gasteiger partial charge >= 0.3 is 0 Å². The number of nitrogens with zero attached hydrogens (tertiary/aromatic N) is 3. The first-order chi connectivity index (χ1) is 13.7. The molecule has 0 spiro atoms. The number of aromatic nitrogens is 2. The fourth-order valence-electron chi connectivity index (χ4n) is 2.87. The van der Waals surface area contributed by atoms with Gasteiger partial charge in [0.25, 0.3) is 5.91 Å². The molecule has 144 valence electrons. The Morgan fingerprint density at radius 1 is 0.964 bits per heavy atom. The number of anilines is 3. The molecule has 0 unspecified atom stereocenters. The van der Waals surface area contributed by atoms with Crippen molar-refractivity contribution in [2.24, 2.45) is 0 Å². The van der Waals surface area contributed by atoms with Crippen LogP contribution in [0.1, 0.15) is 29.8 Å². The van der Waals surface area contributed by atoms with E-state index in [0.29, 0.717) is 12.1 Å². The maximum absolute atomic E-state index is 12.4. The van der Waals surface area contributed by atoms with Gasteiger partial charge in [0.15, 0.2) is 0 Å². The van der Waals surface area contributed by atoms with Gasteiger partial charge in [-0.05, 0) is 67.9 Å². The molecule has 1 amide bonds. The summed E-state index contributed by atoms with van der Waals surface area (Å²) in [6, 6.07) is 15.3. The minimum Gasteiger partial charge on any atom is -0.372 e. The van der Waals surface area contributed by atoms with Crippen molar-refractivity contribution in [2.45, 2.75) is 20.4 Å². The smallest absolute Gasteiger partial charge is 0.257 e. The predicted octanol–water partition coefficient (Wildman–Crippen LogP) is 4.19. The van der Waals surface area contributed by atoms with Crippen molar-refractivity contribution >= 4 is 23.1 Å². The van der Waals surface area contributed by atoms with Crippen LogP contribution in [0.15, 0.2) is 67.1 Å². The molecule has 0 aliphatic rings. The van der Waals surface area contributed by atoms with Crippen LogP contribution < -0.4 is 15.5 Å². The van der Waals surface area contributed by atoms with E-state index in [4.69, 9.17) is 0 Å². The molecule has 0 atom stereocenters. The van der Waals surface area contributed by atoms with Crippen LogP contribution in [0.25, 0.3) is 0 Å². The van der Waals surface area contributed by atoms with Gasteiger partial charge in [-0.3, -0.25) is 9.78 Å². The van der Waals surface area contributed by atoms with Gasteiger partial charge in [0.05, 0.1) is 5.56 Å². The van der Waals surface area contributed by atoms with Crippen molar-refractivity contribution in [1.82, 2.24) is 9.97 Å². The molecule has 0 aliphatic carbocycles. The summed E-state index contributed by atoms with van der Waals surface area (Å²) in [5.41, 5.74) is 3.55. The molecule has 0 saturated heterocycles. The lowest BCUT2D eigenvalue weighted by Crippen LogP contribution is -2.21. The Kier molecular flexibility index (Phi) is 6.57. The summed E-state index contributed by atoms with van der Waals surface area (Å²) in [5.74, 6) is 0.542. The van der Waals surface area contributed by atoms with Crippen molar-refractivity contribution in [1.29, 1.82) is 0 Å². The van der Waals surface area contributed by atoms with Crippen LogP contribution in [0.5, 0.6) is 0 Å². The minimum atomic E-state index is -0.177.